The van der Waals surface area contributed by atoms with Crippen molar-refractivity contribution in [2.45, 2.75) is 25.4 Å². The third kappa shape index (κ3) is 5.37. The Morgan fingerprint density at radius 1 is 0.812 bits per heavy atom. The predicted octanol–water partition coefficient (Wildman–Crippen LogP) is 1.10. The van der Waals surface area contributed by atoms with Crippen molar-refractivity contribution in [1.29, 1.82) is 0 Å². The molecule has 0 spiro atoms. The fourth-order valence-corrected chi connectivity index (χ4v) is 4.25. The second kappa shape index (κ2) is 11.6. The zero-order valence-corrected chi connectivity index (χ0v) is 23.5. The van der Waals surface area contributed by atoms with Crippen molar-refractivity contribution >= 4 is 16.2 Å². The normalized spacial score (nSPS) is 18.1. The summed E-state index contributed by atoms with van der Waals surface area (Å²) in [6.07, 6.45) is 12.5. The van der Waals surface area contributed by atoms with Crippen LogP contribution in [0.3, 0.4) is 0 Å². The first kappa shape index (κ1) is 26.8. The molecule has 5 rings (SSSR count). The molecule has 1 unspecified atom stereocenters. The topological polar surface area (TPSA) is 0 Å². The molecule has 3 aromatic carbocycles. The standard InChI is InChI=1S/C26H19.C2H6Si.2ClH.Zr/c1-19-16-22-10-7-15-26(25(22)17-19,23-11-3-2-4-12-23)24-14-13-20-8-5-6-9-21(20)18-24;1-3-2;;;/h2-15,17-18H,1H3;1-2H3;2*1H;/q-1;;;;+2/p-2. The SMILES string of the molecule is CC1=[C-]C2=CC=CC(c3ccccc3)(c3ccc4ccccc4c3)C2=C1.C[Si](C)=[Zr+2].[Cl-].[Cl-]. The fourth-order valence-electron chi connectivity index (χ4n) is 4.25. The first-order valence-corrected chi connectivity index (χ1v) is 16.5. The molecule has 4 heteroatoms. The molecule has 0 heterocycles. The summed E-state index contributed by atoms with van der Waals surface area (Å²) >= 11 is 1.74. The smallest absolute Gasteiger partial charge is 1.00 e. The van der Waals surface area contributed by atoms with E-state index in [0.29, 0.717) is 0 Å². The third-order valence-electron chi connectivity index (χ3n) is 5.45. The van der Waals surface area contributed by atoms with Crippen molar-refractivity contribution in [2.24, 2.45) is 0 Å². The van der Waals surface area contributed by atoms with Crippen molar-refractivity contribution in [3.63, 3.8) is 0 Å². The summed E-state index contributed by atoms with van der Waals surface area (Å²) in [6, 6.07) is 26.2. The second-order valence-corrected chi connectivity index (χ2v) is 17.4. The molecule has 0 aliphatic heterocycles. The Balaban J connectivity index is 0.000000562. The molecule has 0 saturated carbocycles. The van der Waals surface area contributed by atoms with Crippen LogP contribution in [-0.2, 0) is 28.8 Å². The van der Waals surface area contributed by atoms with Gasteiger partial charge in [-0.15, -0.1) is 29.4 Å². The van der Waals surface area contributed by atoms with Gasteiger partial charge in [-0.05, 0) is 21.9 Å². The van der Waals surface area contributed by atoms with Gasteiger partial charge in [0.1, 0.15) is 0 Å². The third-order valence-corrected chi connectivity index (χ3v) is 5.45. The molecule has 0 amide bonds. The van der Waals surface area contributed by atoms with Gasteiger partial charge in [0.05, 0.1) is 0 Å². The number of hydrogen-bond acceptors (Lipinski definition) is 0. The van der Waals surface area contributed by atoms with Crippen LogP contribution in [0.4, 0.5) is 0 Å². The van der Waals surface area contributed by atoms with Gasteiger partial charge in [0.15, 0.2) is 0 Å². The molecule has 160 valence electrons. The van der Waals surface area contributed by atoms with Crippen LogP contribution in [0, 0.1) is 6.08 Å². The minimum Gasteiger partial charge on any atom is -1.00 e. The van der Waals surface area contributed by atoms with Gasteiger partial charge in [-0.2, -0.15) is 11.6 Å². The summed E-state index contributed by atoms with van der Waals surface area (Å²) in [7, 11) is 0. The first-order valence-electron chi connectivity index (χ1n) is 10.3. The minimum atomic E-state index is -0.278. The monoisotopic (exact) mass is 549 g/mol. The number of benzene rings is 3. The second-order valence-electron chi connectivity index (χ2n) is 8.04. The molecule has 3 aromatic rings. The maximum absolute atomic E-state index is 3.52. The number of allylic oxidation sites excluding steroid dienone is 8. The quantitative estimate of drug-likeness (QED) is 0.331. The Bertz CT molecular complexity index is 1230. The summed E-state index contributed by atoms with van der Waals surface area (Å²) in [4.78, 5) is 0. The molecule has 0 saturated heterocycles. The first-order chi connectivity index (χ1) is 14.5. The van der Waals surface area contributed by atoms with E-state index in [-0.39, 0.29) is 35.7 Å². The Kier molecular flexibility index (Phi) is 9.73. The van der Waals surface area contributed by atoms with Gasteiger partial charge in [-0.3, -0.25) is 0 Å². The minimum absolute atomic E-state index is 0. The fraction of sp³-hybridized carbons (Fsp3) is 0.143. The van der Waals surface area contributed by atoms with E-state index in [4.69, 9.17) is 0 Å². The number of halogens is 2. The van der Waals surface area contributed by atoms with E-state index >= 15 is 0 Å². The maximum Gasteiger partial charge on any atom is -1.00 e. The van der Waals surface area contributed by atoms with Crippen LogP contribution < -0.4 is 24.8 Å². The Morgan fingerprint density at radius 3 is 2.12 bits per heavy atom. The molecule has 0 nitrogen and oxygen atoms in total. The molecular formula is C28H25Cl2SiZr-. The van der Waals surface area contributed by atoms with Gasteiger partial charge in [0.2, 0.25) is 0 Å². The van der Waals surface area contributed by atoms with Crippen molar-refractivity contribution in [3.05, 3.63) is 131 Å². The van der Waals surface area contributed by atoms with Crippen LogP contribution in [0.15, 0.2) is 114 Å². The molecule has 2 aliphatic carbocycles. The van der Waals surface area contributed by atoms with Gasteiger partial charge < -0.3 is 24.8 Å². The number of rotatable bonds is 2. The van der Waals surface area contributed by atoms with E-state index in [9.17, 15) is 0 Å². The summed E-state index contributed by atoms with van der Waals surface area (Å²) in [5.41, 5.74) is 6.23. The van der Waals surface area contributed by atoms with Crippen LogP contribution in [0.2, 0.25) is 13.1 Å². The van der Waals surface area contributed by atoms with Crippen LogP contribution in [0.25, 0.3) is 10.8 Å². The average Bonchev–Trinajstić information content (AvgIpc) is 3.14. The molecule has 0 radical (unpaired) electrons. The van der Waals surface area contributed by atoms with Gasteiger partial charge in [-0.25, -0.2) is 0 Å². The molecule has 2 aliphatic rings. The Hall–Kier alpha value is -1.44. The predicted molar refractivity (Wildman–Crippen MR) is 126 cm³/mol. The van der Waals surface area contributed by atoms with Crippen molar-refractivity contribution < 1.29 is 48.1 Å². The molecule has 0 bridgehead atoms. The summed E-state index contributed by atoms with van der Waals surface area (Å²) in [5, 5.41) is 2.55. The summed E-state index contributed by atoms with van der Waals surface area (Å²) in [5.74, 6) is 0. The van der Waals surface area contributed by atoms with E-state index in [1.54, 1.807) is 23.3 Å². The number of hydrogen-bond donors (Lipinski definition) is 0. The molecule has 32 heavy (non-hydrogen) atoms. The van der Waals surface area contributed by atoms with Crippen LogP contribution in [0.1, 0.15) is 18.1 Å². The van der Waals surface area contributed by atoms with Gasteiger partial charge in [-0.1, -0.05) is 85.8 Å². The summed E-state index contributed by atoms with van der Waals surface area (Å²) in [6.45, 7) is 6.74. The van der Waals surface area contributed by atoms with Crippen LogP contribution >= 0.6 is 0 Å². The van der Waals surface area contributed by atoms with Crippen molar-refractivity contribution in [3.8, 4) is 0 Å². The molecule has 0 fully saturated rings. The van der Waals surface area contributed by atoms with Gasteiger partial charge in [0, 0.05) is 5.41 Å². The average molecular weight is 552 g/mol. The zero-order valence-electron chi connectivity index (χ0n) is 18.5. The van der Waals surface area contributed by atoms with Crippen LogP contribution in [-0.4, -0.2) is 5.43 Å². The molecular weight excluding hydrogens is 527 g/mol. The zero-order chi connectivity index (χ0) is 21.1. The Labute approximate surface area is 219 Å². The molecule has 1 atom stereocenters. The number of fused-ring (bicyclic) bond motifs is 2. The summed E-state index contributed by atoms with van der Waals surface area (Å²) < 4.78 is 0. The van der Waals surface area contributed by atoms with Gasteiger partial charge in [0.25, 0.3) is 0 Å². The largest absolute Gasteiger partial charge is 1.00 e. The Morgan fingerprint density at radius 2 is 1.44 bits per heavy atom. The van der Waals surface area contributed by atoms with Gasteiger partial charge >= 0.3 is 41.9 Å². The van der Waals surface area contributed by atoms with E-state index in [1.807, 2.05) is 0 Å². The maximum atomic E-state index is 3.52. The van der Waals surface area contributed by atoms with E-state index in [1.165, 1.54) is 38.6 Å². The van der Waals surface area contributed by atoms with E-state index < -0.39 is 0 Å². The van der Waals surface area contributed by atoms with E-state index in [0.717, 1.165) is 0 Å². The molecule has 0 aromatic heterocycles. The van der Waals surface area contributed by atoms with E-state index in [2.05, 4.69) is 123 Å². The van der Waals surface area contributed by atoms with Crippen LogP contribution in [0.5, 0.6) is 0 Å². The molecule has 0 N–H and O–H groups in total. The van der Waals surface area contributed by atoms with Crippen molar-refractivity contribution in [1.82, 2.24) is 0 Å². The van der Waals surface area contributed by atoms with Crippen molar-refractivity contribution in [2.75, 3.05) is 0 Å².